The summed E-state index contributed by atoms with van der Waals surface area (Å²) in [7, 11) is 0. The Hall–Kier alpha value is -2.27. The van der Waals surface area contributed by atoms with Crippen LogP contribution in [-0.2, 0) is 13.0 Å². The van der Waals surface area contributed by atoms with Crippen molar-refractivity contribution in [3.05, 3.63) is 58.2 Å². The molecule has 0 bridgehead atoms. The summed E-state index contributed by atoms with van der Waals surface area (Å²) in [4.78, 5) is 17.3. The van der Waals surface area contributed by atoms with Crippen LogP contribution in [0.1, 0.15) is 16.1 Å². The van der Waals surface area contributed by atoms with Crippen molar-refractivity contribution in [1.29, 1.82) is 0 Å². The Labute approximate surface area is 133 Å². The molecule has 0 radical (unpaired) electrons. The Bertz CT molecular complexity index is 797. The minimum atomic E-state index is 0.772. The first kappa shape index (κ1) is 13.4. The summed E-state index contributed by atoms with van der Waals surface area (Å²) in [6.07, 6.45) is 4.65. The lowest BCUT2D eigenvalue weighted by Gasteiger charge is -2.28. The first-order chi connectivity index (χ1) is 10.8. The average Bonchev–Trinajstić information content (AvgIpc) is 3.02. The van der Waals surface area contributed by atoms with E-state index < -0.39 is 0 Å². The van der Waals surface area contributed by atoms with E-state index in [9.17, 15) is 0 Å². The van der Waals surface area contributed by atoms with Crippen LogP contribution in [-0.4, -0.2) is 21.5 Å². The summed E-state index contributed by atoms with van der Waals surface area (Å²) >= 11 is 1.86. The molecule has 110 valence electrons. The zero-order chi connectivity index (χ0) is 14.9. The van der Waals surface area contributed by atoms with Crippen molar-refractivity contribution in [3.8, 4) is 11.4 Å². The SMILES string of the molecule is Cc1cc(N2CCc3sccc3C2)nc(-c2ccncc2)n1. The lowest BCUT2D eigenvalue weighted by Crippen LogP contribution is -2.30. The quantitative estimate of drug-likeness (QED) is 0.727. The summed E-state index contributed by atoms with van der Waals surface area (Å²) in [5, 5.41) is 2.18. The van der Waals surface area contributed by atoms with Gasteiger partial charge in [-0.3, -0.25) is 4.98 Å². The molecule has 4 rings (SSSR count). The van der Waals surface area contributed by atoms with Crippen LogP contribution in [0.2, 0.25) is 0 Å². The standard InChI is InChI=1S/C17H16N4S/c1-12-10-16(20-17(19-12)13-2-6-18-7-3-13)21-8-4-15-14(11-21)5-9-22-15/h2-3,5-7,9-10H,4,8,11H2,1H3. The van der Waals surface area contributed by atoms with Gasteiger partial charge in [-0.25, -0.2) is 9.97 Å². The van der Waals surface area contributed by atoms with Gasteiger partial charge in [-0.05, 0) is 42.5 Å². The summed E-state index contributed by atoms with van der Waals surface area (Å²) in [5.74, 6) is 1.78. The Balaban J connectivity index is 1.70. The fourth-order valence-electron chi connectivity index (χ4n) is 2.79. The molecule has 0 aliphatic carbocycles. The monoisotopic (exact) mass is 308 g/mol. The molecule has 1 aliphatic rings. The van der Waals surface area contributed by atoms with E-state index in [2.05, 4.69) is 32.4 Å². The molecule has 0 unspecified atom stereocenters. The van der Waals surface area contributed by atoms with Crippen LogP contribution in [0.4, 0.5) is 5.82 Å². The number of hydrogen-bond acceptors (Lipinski definition) is 5. The molecule has 1 aliphatic heterocycles. The van der Waals surface area contributed by atoms with Crippen molar-refractivity contribution < 1.29 is 0 Å². The zero-order valence-electron chi connectivity index (χ0n) is 12.4. The van der Waals surface area contributed by atoms with Crippen molar-refractivity contribution >= 4 is 17.2 Å². The van der Waals surface area contributed by atoms with E-state index in [1.807, 2.05) is 30.4 Å². The van der Waals surface area contributed by atoms with E-state index in [0.717, 1.165) is 42.4 Å². The number of aromatic nitrogens is 3. The van der Waals surface area contributed by atoms with E-state index >= 15 is 0 Å². The molecular formula is C17H16N4S. The first-order valence-electron chi connectivity index (χ1n) is 7.36. The second kappa shape index (κ2) is 5.50. The molecule has 0 N–H and O–H groups in total. The van der Waals surface area contributed by atoms with E-state index in [-0.39, 0.29) is 0 Å². The van der Waals surface area contributed by atoms with Crippen LogP contribution in [0.3, 0.4) is 0 Å². The number of hydrogen-bond donors (Lipinski definition) is 0. The smallest absolute Gasteiger partial charge is 0.161 e. The van der Waals surface area contributed by atoms with Crippen molar-refractivity contribution in [3.63, 3.8) is 0 Å². The maximum atomic E-state index is 4.78. The molecular weight excluding hydrogens is 292 g/mol. The fraction of sp³-hybridized carbons (Fsp3) is 0.235. The van der Waals surface area contributed by atoms with E-state index in [4.69, 9.17) is 4.98 Å². The fourth-order valence-corrected chi connectivity index (χ4v) is 3.68. The molecule has 0 amide bonds. The maximum Gasteiger partial charge on any atom is 0.161 e. The van der Waals surface area contributed by atoms with Crippen molar-refractivity contribution in [1.82, 2.24) is 15.0 Å². The molecule has 0 aromatic carbocycles. The van der Waals surface area contributed by atoms with Gasteiger partial charge < -0.3 is 4.90 Å². The van der Waals surface area contributed by atoms with Gasteiger partial charge in [0.2, 0.25) is 0 Å². The van der Waals surface area contributed by atoms with Crippen LogP contribution in [0.25, 0.3) is 11.4 Å². The highest BCUT2D eigenvalue weighted by Gasteiger charge is 2.19. The number of nitrogens with zero attached hydrogens (tertiary/aromatic N) is 4. The van der Waals surface area contributed by atoms with Gasteiger partial charge in [0.1, 0.15) is 5.82 Å². The van der Waals surface area contributed by atoms with Crippen LogP contribution >= 0.6 is 11.3 Å². The lowest BCUT2D eigenvalue weighted by molar-refractivity contribution is 0.730. The predicted molar refractivity (Wildman–Crippen MR) is 89.1 cm³/mol. The Morgan fingerprint density at radius 1 is 1.14 bits per heavy atom. The number of pyridine rings is 1. The summed E-state index contributed by atoms with van der Waals surface area (Å²) in [6.45, 7) is 3.97. The largest absolute Gasteiger partial charge is 0.352 e. The van der Waals surface area contributed by atoms with Gasteiger partial charge >= 0.3 is 0 Å². The summed E-state index contributed by atoms with van der Waals surface area (Å²) in [6, 6.07) is 8.20. The van der Waals surface area contributed by atoms with E-state index in [1.54, 1.807) is 12.4 Å². The van der Waals surface area contributed by atoms with Crippen LogP contribution < -0.4 is 4.90 Å². The highest BCUT2D eigenvalue weighted by atomic mass is 32.1. The normalized spacial score (nSPS) is 14.0. The van der Waals surface area contributed by atoms with Crippen molar-refractivity contribution in [2.75, 3.05) is 11.4 Å². The van der Waals surface area contributed by atoms with Crippen molar-refractivity contribution in [2.24, 2.45) is 0 Å². The minimum absolute atomic E-state index is 0.772. The molecule has 0 saturated carbocycles. The molecule has 4 heterocycles. The highest BCUT2D eigenvalue weighted by molar-refractivity contribution is 7.10. The zero-order valence-corrected chi connectivity index (χ0v) is 13.2. The topological polar surface area (TPSA) is 41.9 Å². The third kappa shape index (κ3) is 2.48. The van der Waals surface area contributed by atoms with E-state index in [1.165, 1.54) is 10.4 Å². The number of fused-ring (bicyclic) bond motifs is 1. The third-order valence-electron chi connectivity index (χ3n) is 3.91. The molecule has 4 nitrogen and oxygen atoms in total. The number of rotatable bonds is 2. The van der Waals surface area contributed by atoms with Crippen LogP contribution in [0.15, 0.2) is 42.0 Å². The first-order valence-corrected chi connectivity index (χ1v) is 8.24. The number of anilines is 1. The Morgan fingerprint density at radius 3 is 2.86 bits per heavy atom. The van der Waals surface area contributed by atoms with Gasteiger partial charge in [-0.1, -0.05) is 0 Å². The van der Waals surface area contributed by atoms with Gasteiger partial charge in [-0.2, -0.15) is 0 Å². The Morgan fingerprint density at radius 2 is 2.00 bits per heavy atom. The summed E-state index contributed by atoms with van der Waals surface area (Å²) in [5.41, 5.74) is 3.43. The number of thiophene rings is 1. The molecule has 5 heteroatoms. The molecule has 3 aromatic heterocycles. The lowest BCUT2D eigenvalue weighted by atomic mass is 10.1. The predicted octanol–water partition coefficient (Wildman–Crippen LogP) is 3.47. The maximum absolute atomic E-state index is 4.78. The molecule has 0 spiro atoms. The highest BCUT2D eigenvalue weighted by Crippen LogP contribution is 2.28. The second-order valence-corrected chi connectivity index (χ2v) is 6.47. The van der Waals surface area contributed by atoms with Gasteiger partial charge in [0.15, 0.2) is 5.82 Å². The summed E-state index contributed by atoms with van der Waals surface area (Å²) < 4.78 is 0. The van der Waals surface area contributed by atoms with Crippen LogP contribution in [0.5, 0.6) is 0 Å². The van der Waals surface area contributed by atoms with Gasteiger partial charge in [0.05, 0.1) is 0 Å². The number of aryl methyl sites for hydroxylation is 1. The second-order valence-electron chi connectivity index (χ2n) is 5.47. The van der Waals surface area contributed by atoms with Gasteiger partial charge in [0, 0.05) is 47.7 Å². The van der Waals surface area contributed by atoms with E-state index in [0.29, 0.717) is 0 Å². The molecule has 22 heavy (non-hydrogen) atoms. The average molecular weight is 308 g/mol. The van der Waals surface area contributed by atoms with Gasteiger partial charge in [0.25, 0.3) is 0 Å². The van der Waals surface area contributed by atoms with Gasteiger partial charge in [-0.15, -0.1) is 11.3 Å². The Kier molecular flexibility index (Phi) is 3.35. The third-order valence-corrected chi connectivity index (χ3v) is 4.93. The molecule has 3 aromatic rings. The molecule has 0 atom stereocenters. The minimum Gasteiger partial charge on any atom is -0.352 e. The van der Waals surface area contributed by atoms with Crippen molar-refractivity contribution in [2.45, 2.75) is 19.9 Å². The molecule has 0 saturated heterocycles. The van der Waals surface area contributed by atoms with Crippen LogP contribution in [0, 0.1) is 6.92 Å². The molecule has 0 fully saturated rings.